The van der Waals surface area contributed by atoms with Crippen LogP contribution < -0.4 is 0 Å². The molecule has 0 fully saturated rings. The minimum atomic E-state index is -0.459. The van der Waals surface area contributed by atoms with Gasteiger partial charge < -0.3 is 4.74 Å². The van der Waals surface area contributed by atoms with Crippen LogP contribution in [0.4, 0.5) is 0 Å². The van der Waals surface area contributed by atoms with Crippen LogP contribution in [-0.2, 0) is 15.8 Å². The molecule has 1 atom stereocenters. The SMILES string of the molecule is C/C=C1/C(CCCC)(CCCC)c2cc(C(=O)c3ccc(Sc4ccccc4)cc3)ccc2[C@]1(C)OCCC. The molecule has 0 aliphatic heterocycles. The quantitative estimate of drug-likeness (QED) is 0.159. The Hall–Kier alpha value is -2.62. The third-order valence-electron chi connectivity index (χ3n) is 8.23. The summed E-state index contributed by atoms with van der Waals surface area (Å²) in [6.07, 6.45) is 10.1. The van der Waals surface area contributed by atoms with Gasteiger partial charge >= 0.3 is 0 Å². The summed E-state index contributed by atoms with van der Waals surface area (Å²) in [7, 11) is 0. The van der Waals surface area contributed by atoms with E-state index in [-0.39, 0.29) is 11.2 Å². The molecule has 0 spiro atoms. The summed E-state index contributed by atoms with van der Waals surface area (Å²) in [6.45, 7) is 11.8. The molecular weight excluding hydrogens is 496 g/mol. The van der Waals surface area contributed by atoms with Crippen molar-refractivity contribution in [3.63, 3.8) is 0 Å². The van der Waals surface area contributed by atoms with Crippen LogP contribution in [0.1, 0.15) is 107 Å². The van der Waals surface area contributed by atoms with Crippen molar-refractivity contribution in [2.45, 2.75) is 100 Å². The molecule has 4 rings (SSSR count). The third kappa shape index (κ3) is 5.95. The highest BCUT2D eigenvalue weighted by molar-refractivity contribution is 7.99. The first-order valence-corrected chi connectivity index (χ1v) is 15.6. The monoisotopic (exact) mass is 540 g/mol. The average molecular weight is 541 g/mol. The molecule has 206 valence electrons. The maximum atomic E-state index is 13.8. The summed E-state index contributed by atoms with van der Waals surface area (Å²) in [6, 6.07) is 24.8. The minimum absolute atomic E-state index is 0.0825. The Kier molecular flexibility index (Phi) is 9.91. The van der Waals surface area contributed by atoms with Crippen molar-refractivity contribution in [2.75, 3.05) is 6.61 Å². The van der Waals surface area contributed by atoms with Crippen LogP contribution >= 0.6 is 11.8 Å². The van der Waals surface area contributed by atoms with Crippen LogP contribution in [0.25, 0.3) is 0 Å². The molecule has 0 bridgehead atoms. The Morgan fingerprint density at radius 2 is 1.41 bits per heavy atom. The van der Waals surface area contributed by atoms with Crippen LogP contribution in [0.2, 0.25) is 0 Å². The number of ether oxygens (including phenoxy) is 1. The lowest BCUT2D eigenvalue weighted by atomic mass is 9.69. The average Bonchev–Trinajstić information content (AvgIpc) is 3.18. The van der Waals surface area contributed by atoms with Crippen molar-refractivity contribution in [2.24, 2.45) is 0 Å². The fourth-order valence-corrected chi connectivity index (χ4v) is 7.18. The van der Waals surface area contributed by atoms with E-state index >= 15 is 0 Å². The zero-order chi connectivity index (χ0) is 27.9. The molecule has 0 amide bonds. The van der Waals surface area contributed by atoms with Gasteiger partial charge in [-0.1, -0.05) is 94.6 Å². The molecule has 1 aliphatic rings. The number of hydrogen-bond acceptors (Lipinski definition) is 3. The van der Waals surface area contributed by atoms with Gasteiger partial charge in [0.15, 0.2) is 5.78 Å². The van der Waals surface area contributed by atoms with E-state index in [2.05, 4.69) is 77.1 Å². The lowest BCUT2D eigenvalue weighted by Gasteiger charge is -2.37. The zero-order valence-electron chi connectivity index (χ0n) is 24.4. The first-order valence-electron chi connectivity index (χ1n) is 14.8. The van der Waals surface area contributed by atoms with Crippen molar-refractivity contribution in [1.29, 1.82) is 0 Å². The van der Waals surface area contributed by atoms with Gasteiger partial charge in [-0.05, 0) is 92.3 Å². The zero-order valence-corrected chi connectivity index (χ0v) is 25.2. The van der Waals surface area contributed by atoms with E-state index in [1.165, 1.54) is 21.6 Å². The molecule has 0 radical (unpaired) electrons. The Labute approximate surface area is 240 Å². The number of hydrogen-bond donors (Lipinski definition) is 0. The predicted octanol–water partition coefficient (Wildman–Crippen LogP) is 10.3. The van der Waals surface area contributed by atoms with Crippen molar-refractivity contribution in [3.8, 4) is 0 Å². The summed E-state index contributed by atoms with van der Waals surface area (Å²) < 4.78 is 6.68. The van der Waals surface area contributed by atoms with E-state index in [4.69, 9.17) is 4.74 Å². The van der Waals surface area contributed by atoms with Gasteiger partial charge in [0.1, 0.15) is 5.60 Å². The molecule has 2 nitrogen and oxygen atoms in total. The number of carbonyl (C=O) groups excluding carboxylic acids is 1. The molecule has 0 unspecified atom stereocenters. The minimum Gasteiger partial charge on any atom is -0.366 e. The van der Waals surface area contributed by atoms with Gasteiger partial charge in [-0.2, -0.15) is 0 Å². The molecule has 39 heavy (non-hydrogen) atoms. The second-order valence-corrected chi connectivity index (χ2v) is 12.0. The van der Waals surface area contributed by atoms with Crippen LogP contribution in [0.3, 0.4) is 0 Å². The molecule has 3 aromatic carbocycles. The highest BCUT2D eigenvalue weighted by Crippen LogP contribution is 2.59. The molecule has 3 heteroatoms. The van der Waals surface area contributed by atoms with E-state index in [0.717, 1.165) is 67.6 Å². The van der Waals surface area contributed by atoms with Crippen LogP contribution in [0.5, 0.6) is 0 Å². The number of carbonyl (C=O) groups is 1. The molecule has 0 heterocycles. The highest BCUT2D eigenvalue weighted by Gasteiger charge is 2.53. The van der Waals surface area contributed by atoms with E-state index in [0.29, 0.717) is 0 Å². The number of ketones is 1. The first-order chi connectivity index (χ1) is 18.9. The van der Waals surface area contributed by atoms with E-state index in [1.54, 1.807) is 11.8 Å². The number of unbranched alkanes of at least 4 members (excludes halogenated alkanes) is 2. The number of benzene rings is 3. The summed E-state index contributed by atoms with van der Waals surface area (Å²) in [5, 5.41) is 0. The number of fused-ring (bicyclic) bond motifs is 1. The smallest absolute Gasteiger partial charge is 0.193 e. The van der Waals surface area contributed by atoms with E-state index < -0.39 is 5.60 Å². The molecule has 0 saturated heterocycles. The van der Waals surface area contributed by atoms with E-state index in [9.17, 15) is 4.79 Å². The number of allylic oxidation sites excluding steroid dienone is 1. The van der Waals surface area contributed by atoms with Gasteiger partial charge in [0.2, 0.25) is 0 Å². The summed E-state index contributed by atoms with van der Waals surface area (Å²) in [5.41, 5.74) is 4.87. The fourth-order valence-electron chi connectivity index (χ4n) is 6.34. The molecule has 0 saturated carbocycles. The maximum Gasteiger partial charge on any atom is 0.193 e. The predicted molar refractivity (Wildman–Crippen MR) is 165 cm³/mol. The standard InChI is InChI=1S/C36H44O2S/c1-6-10-23-36(24-11-7-2)32-26-28(19-22-31(32)35(5,33(36)9-4)38-25-8-3)34(37)27-17-20-30(21-18-27)39-29-15-13-12-14-16-29/h9,12-22,26H,6-8,10-11,23-25H2,1-5H3/b33-9+/t35-/m0/s1. The van der Waals surface area contributed by atoms with Gasteiger partial charge in [-0.3, -0.25) is 4.79 Å². The molecule has 1 aliphatic carbocycles. The van der Waals surface area contributed by atoms with Gasteiger partial charge in [-0.25, -0.2) is 0 Å². The number of rotatable bonds is 13. The van der Waals surface area contributed by atoms with Gasteiger partial charge in [-0.15, -0.1) is 0 Å². The Balaban J connectivity index is 1.73. The summed E-state index contributed by atoms with van der Waals surface area (Å²) in [5.74, 6) is 0.0825. The highest BCUT2D eigenvalue weighted by atomic mass is 32.2. The second kappa shape index (κ2) is 13.2. The van der Waals surface area contributed by atoms with Crippen LogP contribution in [0.15, 0.2) is 94.2 Å². The maximum absolute atomic E-state index is 13.8. The van der Waals surface area contributed by atoms with Gasteiger partial charge in [0, 0.05) is 32.9 Å². The second-order valence-electron chi connectivity index (χ2n) is 10.9. The van der Waals surface area contributed by atoms with Crippen molar-refractivity contribution < 1.29 is 9.53 Å². The van der Waals surface area contributed by atoms with Crippen molar-refractivity contribution in [3.05, 3.63) is 107 Å². The lowest BCUT2D eigenvalue weighted by Crippen LogP contribution is -2.33. The van der Waals surface area contributed by atoms with Gasteiger partial charge in [0.25, 0.3) is 0 Å². The lowest BCUT2D eigenvalue weighted by molar-refractivity contribution is -0.00867. The Morgan fingerprint density at radius 1 is 0.795 bits per heavy atom. The van der Waals surface area contributed by atoms with E-state index in [1.807, 2.05) is 36.4 Å². The van der Waals surface area contributed by atoms with Gasteiger partial charge in [0.05, 0.1) is 0 Å². The summed E-state index contributed by atoms with van der Waals surface area (Å²) in [4.78, 5) is 16.1. The molecular formula is C36H44O2S. The first kappa shape index (κ1) is 29.4. The topological polar surface area (TPSA) is 26.3 Å². The van der Waals surface area contributed by atoms with Crippen molar-refractivity contribution in [1.82, 2.24) is 0 Å². The van der Waals surface area contributed by atoms with Crippen LogP contribution in [0, 0.1) is 0 Å². The van der Waals surface area contributed by atoms with Crippen LogP contribution in [-0.4, -0.2) is 12.4 Å². The molecule has 0 aromatic heterocycles. The Morgan fingerprint density at radius 3 is 2.00 bits per heavy atom. The Bertz CT molecular complexity index is 1270. The molecule has 3 aromatic rings. The van der Waals surface area contributed by atoms with Crippen molar-refractivity contribution >= 4 is 17.5 Å². The third-order valence-corrected chi connectivity index (χ3v) is 9.25. The largest absolute Gasteiger partial charge is 0.366 e. The normalized spacial score (nSPS) is 18.8. The fraction of sp³-hybridized carbons (Fsp3) is 0.417. The molecule has 0 N–H and O–H groups in total. The summed E-state index contributed by atoms with van der Waals surface area (Å²) >= 11 is 1.71.